The van der Waals surface area contributed by atoms with E-state index in [9.17, 15) is 13.6 Å². The monoisotopic (exact) mass is 487 g/mol. The Hall–Kier alpha value is -2.00. The van der Waals surface area contributed by atoms with Gasteiger partial charge in [-0.15, -0.1) is 0 Å². The number of aryl methyl sites for hydroxylation is 1. The molecule has 31 heavy (non-hydrogen) atoms. The Morgan fingerprint density at radius 3 is 2.48 bits per heavy atom. The summed E-state index contributed by atoms with van der Waals surface area (Å²) in [5, 5.41) is 1.61. The molecule has 0 unspecified atom stereocenters. The highest BCUT2D eigenvalue weighted by Crippen LogP contribution is 2.32. The van der Waals surface area contributed by atoms with E-state index in [1.54, 1.807) is 24.0 Å². The summed E-state index contributed by atoms with van der Waals surface area (Å²) in [4.78, 5) is 20.9. The molecule has 0 atom stereocenters. The van der Waals surface area contributed by atoms with Crippen molar-refractivity contribution in [1.29, 1.82) is 0 Å². The molecule has 164 valence electrons. The van der Waals surface area contributed by atoms with Gasteiger partial charge in [0.2, 0.25) is 0 Å². The molecule has 11 heteroatoms. The first-order valence-electron chi connectivity index (χ1n) is 9.52. The first kappa shape index (κ1) is 22.2. The number of carbonyl (C=O) groups is 1. The Kier molecular flexibility index (Phi) is 6.09. The van der Waals surface area contributed by atoms with Gasteiger partial charge in [0.15, 0.2) is 11.3 Å². The number of nitrogens with zero attached hydrogens (tertiary/aromatic N) is 5. The number of amides is 1. The molecule has 1 amide bonds. The third kappa shape index (κ3) is 4.77. The van der Waals surface area contributed by atoms with Crippen LogP contribution in [0.3, 0.4) is 0 Å². The normalized spacial score (nSPS) is 15.6. The van der Waals surface area contributed by atoms with E-state index in [0.29, 0.717) is 48.5 Å². The highest BCUT2D eigenvalue weighted by molar-refractivity contribution is 6.35. The molecule has 1 aliphatic heterocycles. The number of benzene rings is 1. The Morgan fingerprint density at radius 2 is 1.84 bits per heavy atom. The Labute approximate surface area is 192 Å². The lowest BCUT2D eigenvalue weighted by Gasteiger charge is -2.34. The summed E-state index contributed by atoms with van der Waals surface area (Å²) in [6, 6.07) is 7.94. The maximum absolute atomic E-state index is 13.8. The van der Waals surface area contributed by atoms with Gasteiger partial charge in [-0.3, -0.25) is 9.69 Å². The first-order chi connectivity index (χ1) is 14.6. The van der Waals surface area contributed by atoms with Gasteiger partial charge in [0.25, 0.3) is 5.91 Å². The highest BCUT2D eigenvalue weighted by Gasteiger charge is 2.33. The SMILES string of the molecule is Cc1cc(C(F)(F)Cl)n2nc(C(=O)N3CCN(Cc4ccc(Cl)cc4Cl)CC3)cc2n1. The van der Waals surface area contributed by atoms with Crippen molar-refractivity contribution in [2.24, 2.45) is 0 Å². The molecular formula is C20H18Cl3F2N5O. The fraction of sp³-hybridized carbons (Fsp3) is 0.350. The quantitative estimate of drug-likeness (QED) is 0.504. The summed E-state index contributed by atoms with van der Waals surface area (Å²) < 4.78 is 28.4. The maximum Gasteiger partial charge on any atom is 0.364 e. The molecule has 1 aliphatic rings. The van der Waals surface area contributed by atoms with Crippen molar-refractivity contribution in [3.05, 3.63) is 63.0 Å². The number of carbonyl (C=O) groups excluding carboxylic acids is 1. The molecule has 6 nitrogen and oxygen atoms in total. The van der Waals surface area contributed by atoms with Crippen molar-refractivity contribution in [2.75, 3.05) is 26.2 Å². The van der Waals surface area contributed by atoms with Crippen LogP contribution < -0.4 is 0 Å². The van der Waals surface area contributed by atoms with Gasteiger partial charge >= 0.3 is 5.38 Å². The van der Waals surface area contributed by atoms with Crippen molar-refractivity contribution in [3.8, 4) is 0 Å². The van der Waals surface area contributed by atoms with Crippen molar-refractivity contribution < 1.29 is 13.6 Å². The van der Waals surface area contributed by atoms with E-state index < -0.39 is 11.1 Å². The number of piperazine rings is 1. The third-order valence-corrected chi connectivity index (χ3v) is 5.91. The van der Waals surface area contributed by atoms with Gasteiger partial charge in [-0.05, 0) is 42.3 Å². The number of hydrogen-bond donors (Lipinski definition) is 0. The van der Waals surface area contributed by atoms with Crippen molar-refractivity contribution >= 4 is 46.4 Å². The summed E-state index contributed by atoms with van der Waals surface area (Å²) in [6.45, 7) is 4.45. The summed E-state index contributed by atoms with van der Waals surface area (Å²) in [6.07, 6.45) is 0. The van der Waals surface area contributed by atoms with Crippen LogP contribution in [0.2, 0.25) is 10.0 Å². The van der Waals surface area contributed by atoms with Gasteiger partial charge in [-0.2, -0.15) is 13.9 Å². The number of aromatic nitrogens is 3. The summed E-state index contributed by atoms with van der Waals surface area (Å²) in [5.41, 5.74) is 0.989. The summed E-state index contributed by atoms with van der Waals surface area (Å²) in [7, 11) is 0. The third-order valence-electron chi connectivity index (χ3n) is 5.13. The highest BCUT2D eigenvalue weighted by atomic mass is 35.5. The second-order valence-electron chi connectivity index (χ2n) is 7.38. The lowest BCUT2D eigenvalue weighted by atomic mass is 10.2. The van der Waals surface area contributed by atoms with Gasteiger partial charge in [0, 0.05) is 54.5 Å². The lowest BCUT2D eigenvalue weighted by molar-refractivity contribution is 0.0620. The van der Waals surface area contributed by atoms with E-state index in [1.807, 2.05) is 6.07 Å². The molecule has 0 aliphatic carbocycles. The molecular weight excluding hydrogens is 471 g/mol. The van der Waals surface area contributed by atoms with Crippen LogP contribution in [0, 0.1) is 6.92 Å². The molecule has 3 aromatic rings. The number of alkyl halides is 3. The molecule has 2 aromatic heterocycles. The molecule has 4 rings (SSSR count). The summed E-state index contributed by atoms with van der Waals surface area (Å²) in [5.74, 6) is -0.337. The predicted molar refractivity (Wildman–Crippen MR) is 115 cm³/mol. The first-order valence-corrected chi connectivity index (χ1v) is 10.7. The van der Waals surface area contributed by atoms with Crippen LogP contribution in [-0.2, 0) is 11.9 Å². The van der Waals surface area contributed by atoms with Crippen LogP contribution >= 0.6 is 34.8 Å². The van der Waals surface area contributed by atoms with Gasteiger partial charge in [0.1, 0.15) is 5.69 Å². The number of rotatable bonds is 4. The zero-order chi connectivity index (χ0) is 22.3. The van der Waals surface area contributed by atoms with Gasteiger partial charge in [-0.25, -0.2) is 9.50 Å². The smallest absolute Gasteiger partial charge is 0.335 e. The molecule has 0 N–H and O–H groups in total. The largest absolute Gasteiger partial charge is 0.364 e. The minimum absolute atomic E-state index is 0.0504. The maximum atomic E-state index is 13.8. The van der Waals surface area contributed by atoms with Crippen LogP contribution in [0.4, 0.5) is 8.78 Å². The molecule has 1 aromatic carbocycles. The minimum Gasteiger partial charge on any atom is -0.335 e. The fourth-order valence-corrected chi connectivity index (χ4v) is 4.17. The Bertz CT molecular complexity index is 1140. The van der Waals surface area contributed by atoms with Crippen molar-refractivity contribution in [2.45, 2.75) is 18.9 Å². The van der Waals surface area contributed by atoms with Crippen molar-refractivity contribution in [1.82, 2.24) is 24.4 Å². The molecule has 3 heterocycles. The van der Waals surface area contributed by atoms with E-state index in [0.717, 1.165) is 16.1 Å². The van der Waals surface area contributed by atoms with Crippen molar-refractivity contribution in [3.63, 3.8) is 0 Å². The fourth-order valence-electron chi connectivity index (χ4n) is 3.57. The average Bonchev–Trinajstić information content (AvgIpc) is 3.12. The average molecular weight is 489 g/mol. The zero-order valence-corrected chi connectivity index (χ0v) is 18.7. The molecule has 1 fully saturated rings. The van der Waals surface area contributed by atoms with E-state index >= 15 is 0 Å². The minimum atomic E-state index is -3.63. The van der Waals surface area contributed by atoms with Crippen LogP contribution in [0.15, 0.2) is 30.3 Å². The topological polar surface area (TPSA) is 53.7 Å². The Morgan fingerprint density at radius 1 is 1.13 bits per heavy atom. The van der Waals surface area contributed by atoms with E-state index in [-0.39, 0.29) is 17.2 Å². The standard InChI is InChI=1S/C20H18Cl3F2N5O/c1-12-8-17(20(23,24)25)30-18(26-12)10-16(27-30)19(31)29-6-4-28(5-7-29)11-13-2-3-14(21)9-15(13)22/h2-3,8-10H,4-7,11H2,1H3. The lowest BCUT2D eigenvalue weighted by Crippen LogP contribution is -2.48. The molecule has 0 radical (unpaired) electrons. The van der Waals surface area contributed by atoms with E-state index in [1.165, 1.54) is 6.07 Å². The second kappa shape index (κ2) is 8.50. The number of fused-ring (bicyclic) bond motifs is 1. The second-order valence-corrected chi connectivity index (χ2v) is 8.70. The predicted octanol–water partition coefficient (Wildman–Crippen LogP) is 4.59. The molecule has 0 saturated carbocycles. The van der Waals surface area contributed by atoms with Gasteiger partial charge in [0.05, 0.1) is 0 Å². The summed E-state index contributed by atoms with van der Waals surface area (Å²) >= 11 is 17.4. The van der Waals surface area contributed by atoms with E-state index in [2.05, 4.69) is 15.0 Å². The van der Waals surface area contributed by atoms with Crippen LogP contribution in [0.5, 0.6) is 0 Å². The molecule has 1 saturated heterocycles. The Balaban J connectivity index is 1.47. The molecule has 0 bridgehead atoms. The van der Waals surface area contributed by atoms with Crippen LogP contribution in [-0.4, -0.2) is 56.5 Å². The zero-order valence-electron chi connectivity index (χ0n) is 16.5. The molecule has 0 spiro atoms. The van der Waals surface area contributed by atoms with Gasteiger partial charge < -0.3 is 4.90 Å². The van der Waals surface area contributed by atoms with E-state index in [4.69, 9.17) is 34.8 Å². The number of halogens is 5. The van der Waals surface area contributed by atoms with Gasteiger partial charge in [-0.1, -0.05) is 29.3 Å². The van der Waals surface area contributed by atoms with Crippen LogP contribution in [0.1, 0.15) is 27.4 Å². The number of hydrogen-bond acceptors (Lipinski definition) is 4. The van der Waals surface area contributed by atoms with Crippen LogP contribution in [0.25, 0.3) is 5.65 Å².